The lowest BCUT2D eigenvalue weighted by Crippen LogP contribution is -2.51. The molecule has 0 aromatic heterocycles. The van der Waals surface area contributed by atoms with Gasteiger partial charge in [-0.05, 0) is 31.7 Å². The number of urea groups is 1. The molecule has 0 aliphatic heterocycles. The van der Waals surface area contributed by atoms with E-state index in [4.69, 9.17) is 35.1 Å². The molecule has 1 aromatic carbocycles. The first-order chi connectivity index (χ1) is 32.5. The fourth-order valence-corrected chi connectivity index (χ4v) is 5.74. The number of benzene rings is 1. The zero-order chi connectivity index (χ0) is 50.5. The number of anilines is 2. The molecular weight excluding hydrogens is 912 g/mol. The van der Waals surface area contributed by atoms with Crippen LogP contribution in [0.3, 0.4) is 0 Å². The summed E-state index contributed by atoms with van der Waals surface area (Å²) in [5, 5.41) is 68.3. The van der Waals surface area contributed by atoms with Gasteiger partial charge in [0.15, 0.2) is 0 Å². The summed E-state index contributed by atoms with van der Waals surface area (Å²) in [6.07, 6.45) is 2.53. The maximum Gasteiger partial charge on any atom is 0.326 e. The number of nitro benzene ring substituents is 2. The fraction of sp³-hybridized carbons (Fsp3) is 0.667. The Labute approximate surface area is 390 Å². The summed E-state index contributed by atoms with van der Waals surface area (Å²) < 4.78 is 21.7. The van der Waals surface area contributed by atoms with Gasteiger partial charge < -0.3 is 71.5 Å². The van der Waals surface area contributed by atoms with E-state index in [1.54, 1.807) is 0 Å². The van der Waals surface area contributed by atoms with E-state index in [0.29, 0.717) is 25.8 Å². The van der Waals surface area contributed by atoms with Crippen molar-refractivity contribution >= 4 is 64.4 Å². The van der Waals surface area contributed by atoms with Gasteiger partial charge in [0.2, 0.25) is 17.7 Å². The molecule has 0 spiro atoms. The van der Waals surface area contributed by atoms with E-state index in [0.717, 1.165) is 25.3 Å². The smallest absolute Gasteiger partial charge is 0.326 e. The average molecular weight is 977 g/mol. The fourth-order valence-electron chi connectivity index (χ4n) is 5.74. The summed E-state index contributed by atoms with van der Waals surface area (Å²) in [6, 6.07) is -2.03. The van der Waals surface area contributed by atoms with Crippen molar-refractivity contribution in [2.75, 3.05) is 103 Å². The first kappa shape index (κ1) is 59.5. The number of amides is 5. The summed E-state index contributed by atoms with van der Waals surface area (Å²) in [4.78, 5) is 107. The van der Waals surface area contributed by atoms with Crippen LogP contribution in [0.15, 0.2) is 12.1 Å². The molecule has 0 aliphatic rings. The average Bonchev–Trinajstić information content (AvgIpc) is 3.28. The van der Waals surface area contributed by atoms with Crippen molar-refractivity contribution in [3.8, 4) is 0 Å². The molecule has 12 N–H and O–H groups in total. The van der Waals surface area contributed by atoms with E-state index in [-0.39, 0.29) is 122 Å². The summed E-state index contributed by atoms with van der Waals surface area (Å²) in [7, 11) is 0. The molecule has 0 unspecified atom stereocenters. The number of unbranched alkanes of at least 4 members (excludes halogenated alkanes) is 4. The molecule has 5 amide bonds. The van der Waals surface area contributed by atoms with E-state index in [9.17, 15) is 58.9 Å². The minimum atomic E-state index is -1.55. The molecule has 29 heteroatoms. The Balaban J connectivity index is 2.18. The Hall–Kier alpha value is -6.53. The van der Waals surface area contributed by atoms with Crippen LogP contribution in [0.5, 0.6) is 0 Å². The third-order valence-electron chi connectivity index (χ3n) is 9.14. The number of aliphatic carboxylic acids is 3. The molecule has 0 saturated heterocycles. The largest absolute Gasteiger partial charge is 0.481 e. The van der Waals surface area contributed by atoms with Crippen molar-refractivity contribution in [2.45, 2.75) is 76.3 Å². The maximum absolute atomic E-state index is 12.2. The number of carbonyl (C=O) groups is 7. The van der Waals surface area contributed by atoms with Gasteiger partial charge in [-0.2, -0.15) is 0 Å². The standard InChI is InChI=1S/C39H64N10O19/c40-68-26-35(52)45-15-19-67-23-21-65-17-13-42-30-24-29(31(48(60)61)25-32(30)49(62)63)41-12-16-64-20-22-66-18-14-44-33(50)6-4-2-1-3-5-11-43-34(51)9-7-27(37(55)56)46-39(59)47-28(38(57)58)8-10-36(53)54/h24-25,27-28,41-42H,1-23,26,40H2,(H,43,51)(H,44,50)(H,45,52)(H,53,54)(H,55,56)(H,57,58)(H2,46,47,59)/t27-,28-/m0/s1. The minimum absolute atomic E-state index is 0.0419. The van der Waals surface area contributed by atoms with Gasteiger partial charge in [0, 0.05) is 52.0 Å². The normalized spacial score (nSPS) is 11.7. The molecule has 0 radical (unpaired) electrons. The molecule has 2 atom stereocenters. The van der Waals surface area contributed by atoms with Crippen LogP contribution in [0.25, 0.3) is 0 Å². The van der Waals surface area contributed by atoms with Crippen LogP contribution >= 0.6 is 0 Å². The number of nitrogens with two attached hydrogens (primary N) is 1. The third-order valence-corrected chi connectivity index (χ3v) is 9.14. The van der Waals surface area contributed by atoms with E-state index < -0.39 is 76.0 Å². The summed E-state index contributed by atoms with van der Waals surface area (Å²) in [5.41, 5.74) is -0.894. The molecule has 0 bridgehead atoms. The highest BCUT2D eigenvalue weighted by Crippen LogP contribution is 2.36. The number of carboxylic acid groups (broad SMARTS) is 3. The molecule has 384 valence electrons. The van der Waals surface area contributed by atoms with Crippen molar-refractivity contribution in [2.24, 2.45) is 5.90 Å². The number of hydrogen-bond donors (Lipinski definition) is 11. The van der Waals surface area contributed by atoms with Crippen LogP contribution < -0.4 is 43.1 Å². The topological polar surface area (TPSA) is 423 Å². The van der Waals surface area contributed by atoms with E-state index in [1.165, 1.54) is 6.07 Å². The zero-order valence-corrected chi connectivity index (χ0v) is 37.6. The number of nitrogens with zero attached hydrogens (tertiary/aromatic N) is 2. The summed E-state index contributed by atoms with van der Waals surface area (Å²) in [5.74, 6) is -0.356. The molecule has 0 saturated carbocycles. The van der Waals surface area contributed by atoms with Gasteiger partial charge in [0.05, 0.1) is 68.8 Å². The van der Waals surface area contributed by atoms with Gasteiger partial charge in [0.1, 0.15) is 30.1 Å². The van der Waals surface area contributed by atoms with Crippen molar-refractivity contribution in [1.82, 2.24) is 26.6 Å². The van der Waals surface area contributed by atoms with E-state index in [1.807, 2.05) is 5.32 Å². The predicted molar refractivity (Wildman–Crippen MR) is 237 cm³/mol. The Morgan fingerprint density at radius 1 is 0.544 bits per heavy atom. The van der Waals surface area contributed by atoms with Crippen molar-refractivity contribution in [3.63, 3.8) is 0 Å². The molecule has 68 heavy (non-hydrogen) atoms. The van der Waals surface area contributed by atoms with E-state index >= 15 is 0 Å². The van der Waals surface area contributed by atoms with Crippen LogP contribution in [0.1, 0.15) is 64.2 Å². The number of carboxylic acids is 3. The molecular formula is C39H64N10O19. The maximum atomic E-state index is 12.2. The number of hydrogen-bond acceptors (Lipinski definition) is 19. The molecule has 0 heterocycles. The number of ether oxygens (including phenoxy) is 4. The molecule has 0 aliphatic carbocycles. The van der Waals surface area contributed by atoms with Gasteiger partial charge >= 0.3 is 23.9 Å². The first-order valence-corrected chi connectivity index (χ1v) is 21.7. The van der Waals surface area contributed by atoms with Crippen LogP contribution in [0.2, 0.25) is 0 Å². The van der Waals surface area contributed by atoms with Crippen LogP contribution in [-0.4, -0.2) is 171 Å². The number of rotatable bonds is 42. The zero-order valence-electron chi connectivity index (χ0n) is 37.6. The second kappa shape index (κ2) is 36.6. The third kappa shape index (κ3) is 29.2. The predicted octanol–water partition coefficient (Wildman–Crippen LogP) is -0.177. The summed E-state index contributed by atoms with van der Waals surface area (Å²) >= 11 is 0. The van der Waals surface area contributed by atoms with Crippen molar-refractivity contribution in [3.05, 3.63) is 32.4 Å². The number of nitrogens with one attached hydrogen (secondary N) is 7. The van der Waals surface area contributed by atoms with Gasteiger partial charge in [0.25, 0.3) is 11.4 Å². The van der Waals surface area contributed by atoms with E-state index in [2.05, 4.69) is 36.7 Å². The Bertz CT molecular complexity index is 1760. The van der Waals surface area contributed by atoms with Crippen LogP contribution in [0, 0.1) is 20.2 Å². The minimum Gasteiger partial charge on any atom is -0.481 e. The lowest BCUT2D eigenvalue weighted by molar-refractivity contribution is -0.393. The monoisotopic (exact) mass is 976 g/mol. The highest BCUT2D eigenvalue weighted by Gasteiger charge is 2.26. The number of nitro groups is 2. The quantitative estimate of drug-likeness (QED) is 0.0230. The second-order valence-corrected chi connectivity index (χ2v) is 14.5. The first-order valence-electron chi connectivity index (χ1n) is 21.7. The molecule has 1 aromatic rings. The van der Waals surface area contributed by atoms with Gasteiger partial charge in [-0.25, -0.2) is 20.3 Å². The Kier molecular flexibility index (Phi) is 32.0. The molecule has 1 rings (SSSR count). The SMILES string of the molecule is NOCC(=O)NCCOCCOCCNc1cc(NCCOCCOCCNC(=O)CCCCCCCNC(=O)CC[C@H](NC(=O)N[C@@H](CCC(=O)O)C(=O)O)C(=O)O)c([N+](=O)[O-])cc1[N+](=O)[O-]. The van der Waals surface area contributed by atoms with Gasteiger partial charge in [-0.15, -0.1) is 0 Å². The Morgan fingerprint density at radius 3 is 1.44 bits per heavy atom. The number of carbonyl (C=O) groups excluding carboxylic acids is 4. The van der Waals surface area contributed by atoms with Crippen LogP contribution in [0.4, 0.5) is 27.5 Å². The highest BCUT2D eigenvalue weighted by molar-refractivity contribution is 5.87. The van der Waals surface area contributed by atoms with Gasteiger partial charge in [-0.1, -0.05) is 19.3 Å². The summed E-state index contributed by atoms with van der Waals surface area (Å²) in [6.45, 7) is 2.49. The highest BCUT2D eigenvalue weighted by atomic mass is 16.6. The van der Waals surface area contributed by atoms with Crippen molar-refractivity contribution in [1.29, 1.82) is 0 Å². The van der Waals surface area contributed by atoms with Crippen LogP contribution in [-0.2, 0) is 52.6 Å². The molecule has 29 nitrogen and oxygen atoms in total. The Morgan fingerprint density at radius 2 is 0.971 bits per heavy atom. The van der Waals surface area contributed by atoms with Gasteiger partial charge in [-0.3, -0.25) is 44.2 Å². The lowest BCUT2D eigenvalue weighted by Gasteiger charge is -2.18. The van der Waals surface area contributed by atoms with Crippen molar-refractivity contribution < 1.29 is 82.5 Å². The molecule has 0 fully saturated rings. The second-order valence-electron chi connectivity index (χ2n) is 14.5. The lowest BCUT2D eigenvalue weighted by atomic mass is 10.1.